The van der Waals surface area contributed by atoms with Gasteiger partial charge in [-0.15, -0.1) is 0 Å². The summed E-state index contributed by atoms with van der Waals surface area (Å²) in [6.07, 6.45) is 3.75. The molecule has 0 bridgehead atoms. The first-order valence-corrected chi connectivity index (χ1v) is 5.87. The third-order valence-electron chi connectivity index (χ3n) is 3.25. The highest BCUT2D eigenvalue weighted by Gasteiger charge is 2.26. The average molecular weight is 213 g/mol. The monoisotopic (exact) mass is 213 g/mol. The van der Waals surface area contributed by atoms with E-state index >= 15 is 0 Å². The molecule has 4 nitrogen and oxygen atoms in total. The Hall–Kier alpha value is -0.610. The average Bonchev–Trinajstić information content (AvgIpc) is 2.14. The minimum absolute atomic E-state index is 0.206. The van der Waals surface area contributed by atoms with Gasteiger partial charge in [0.05, 0.1) is 6.54 Å². The summed E-state index contributed by atoms with van der Waals surface area (Å²) in [5.41, 5.74) is 5.56. The molecule has 0 aromatic carbocycles. The number of hydrogen-bond donors (Lipinski definition) is 1. The third-order valence-corrected chi connectivity index (χ3v) is 3.25. The zero-order valence-electron chi connectivity index (χ0n) is 9.91. The second-order valence-electron chi connectivity index (χ2n) is 4.25. The summed E-state index contributed by atoms with van der Waals surface area (Å²) < 4.78 is 0. The Balaban J connectivity index is 2.39. The molecule has 2 N–H and O–H groups in total. The van der Waals surface area contributed by atoms with Gasteiger partial charge < -0.3 is 10.6 Å². The first-order chi connectivity index (χ1) is 7.19. The van der Waals surface area contributed by atoms with Crippen LogP contribution >= 0.6 is 0 Å². The molecule has 0 aromatic heterocycles. The van der Waals surface area contributed by atoms with Gasteiger partial charge in [0.2, 0.25) is 5.91 Å². The van der Waals surface area contributed by atoms with Crippen LogP contribution in [0.3, 0.4) is 0 Å². The summed E-state index contributed by atoms with van der Waals surface area (Å²) in [6.45, 7) is 4.79. The van der Waals surface area contributed by atoms with Gasteiger partial charge in [0, 0.05) is 32.7 Å². The lowest BCUT2D eigenvalue weighted by molar-refractivity contribution is -0.131. The largest absolute Gasteiger partial charge is 0.345 e. The maximum atomic E-state index is 11.7. The Morgan fingerprint density at radius 2 is 2.13 bits per heavy atom. The highest BCUT2D eigenvalue weighted by atomic mass is 16.2. The SMILES string of the molecule is CCN(C)C(=O)CN(CCN)C1CCC1. The fourth-order valence-corrected chi connectivity index (χ4v) is 1.78. The summed E-state index contributed by atoms with van der Waals surface area (Å²) in [6, 6.07) is 0.600. The van der Waals surface area contributed by atoms with Crippen molar-refractivity contribution < 1.29 is 4.79 Å². The normalized spacial score (nSPS) is 16.5. The predicted molar refractivity (Wildman–Crippen MR) is 61.6 cm³/mol. The van der Waals surface area contributed by atoms with Crippen LogP contribution in [-0.4, -0.2) is 55.0 Å². The number of rotatable bonds is 6. The van der Waals surface area contributed by atoms with Crippen LogP contribution in [0.25, 0.3) is 0 Å². The number of amides is 1. The molecule has 15 heavy (non-hydrogen) atoms. The van der Waals surface area contributed by atoms with Gasteiger partial charge in [0.25, 0.3) is 0 Å². The van der Waals surface area contributed by atoms with Gasteiger partial charge in [-0.05, 0) is 19.8 Å². The summed E-state index contributed by atoms with van der Waals surface area (Å²) in [7, 11) is 1.85. The van der Waals surface area contributed by atoms with Crippen molar-refractivity contribution in [3.63, 3.8) is 0 Å². The predicted octanol–water partition coefficient (Wildman–Crippen LogP) is 0.278. The number of likely N-dealkylation sites (N-methyl/N-ethyl adjacent to an activating group) is 1. The van der Waals surface area contributed by atoms with Crippen LogP contribution in [0, 0.1) is 0 Å². The lowest BCUT2D eigenvalue weighted by atomic mass is 9.91. The zero-order chi connectivity index (χ0) is 11.3. The maximum Gasteiger partial charge on any atom is 0.236 e. The lowest BCUT2D eigenvalue weighted by Crippen LogP contribution is -2.48. The molecule has 1 fully saturated rings. The maximum absolute atomic E-state index is 11.7. The van der Waals surface area contributed by atoms with Gasteiger partial charge in [-0.3, -0.25) is 9.69 Å². The van der Waals surface area contributed by atoms with Gasteiger partial charge in [-0.1, -0.05) is 6.42 Å². The molecule has 0 radical (unpaired) electrons. The summed E-state index contributed by atoms with van der Waals surface area (Å²) in [4.78, 5) is 15.7. The van der Waals surface area contributed by atoms with Gasteiger partial charge in [-0.2, -0.15) is 0 Å². The Bertz CT molecular complexity index is 204. The van der Waals surface area contributed by atoms with Crippen LogP contribution in [0.2, 0.25) is 0 Å². The number of carbonyl (C=O) groups excluding carboxylic acids is 1. The van der Waals surface area contributed by atoms with Crippen LogP contribution in [-0.2, 0) is 4.79 Å². The standard InChI is InChI=1S/C11H23N3O/c1-3-13(2)11(15)9-14(8-7-12)10-5-4-6-10/h10H,3-9,12H2,1-2H3. The first-order valence-electron chi connectivity index (χ1n) is 5.87. The van der Waals surface area contributed by atoms with E-state index in [1.165, 1.54) is 19.3 Å². The minimum Gasteiger partial charge on any atom is -0.345 e. The van der Waals surface area contributed by atoms with E-state index in [-0.39, 0.29) is 5.91 Å². The quantitative estimate of drug-likeness (QED) is 0.689. The molecule has 1 aliphatic carbocycles. The van der Waals surface area contributed by atoms with E-state index in [4.69, 9.17) is 5.73 Å². The van der Waals surface area contributed by atoms with Crippen LogP contribution in [0.4, 0.5) is 0 Å². The van der Waals surface area contributed by atoms with Crippen molar-refractivity contribution in [2.75, 3.05) is 33.2 Å². The Morgan fingerprint density at radius 3 is 2.53 bits per heavy atom. The van der Waals surface area contributed by atoms with Gasteiger partial charge >= 0.3 is 0 Å². The highest BCUT2D eigenvalue weighted by molar-refractivity contribution is 5.77. The summed E-state index contributed by atoms with van der Waals surface area (Å²) in [5, 5.41) is 0. The highest BCUT2D eigenvalue weighted by Crippen LogP contribution is 2.24. The van der Waals surface area contributed by atoms with Crippen molar-refractivity contribution in [1.29, 1.82) is 0 Å². The van der Waals surface area contributed by atoms with Gasteiger partial charge in [-0.25, -0.2) is 0 Å². The number of nitrogens with two attached hydrogens (primary N) is 1. The molecular formula is C11H23N3O. The second-order valence-corrected chi connectivity index (χ2v) is 4.25. The van der Waals surface area contributed by atoms with Gasteiger partial charge in [0.1, 0.15) is 0 Å². The fourth-order valence-electron chi connectivity index (χ4n) is 1.78. The lowest BCUT2D eigenvalue weighted by Gasteiger charge is -2.37. The van der Waals surface area contributed by atoms with E-state index < -0.39 is 0 Å². The van der Waals surface area contributed by atoms with E-state index in [2.05, 4.69) is 4.90 Å². The zero-order valence-corrected chi connectivity index (χ0v) is 9.91. The molecule has 0 spiro atoms. The van der Waals surface area contributed by atoms with Crippen LogP contribution in [0.15, 0.2) is 0 Å². The van der Waals surface area contributed by atoms with E-state index in [1.54, 1.807) is 4.90 Å². The smallest absolute Gasteiger partial charge is 0.236 e. The molecule has 0 aromatic rings. The molecule has 0 unspecified atom stereocenters. The van der Waals surface area contributed by atoms with Gasteiger partial charge in [0.15, 0.2) is 0 Å². The molecule has 1 amide bonds. The summed E-state index contributed by atoms with van der Waals surface area (Å²) in [5.74, 6) is 0.206. The molecule has 88 valence electrons. The molecule has 1 saturated carbocycles. The Labute approximate surface area is 92.4 Å². The van der Waals surface area contributed by atoms with Crippen LogP contribution in [0.1, 0.15) is 26.2 Å². The molecule has 1 rings (SSSR count). The van der Waals surface area contributed by atoms with Crippen LogP contribution < -0.4 is 5.73 Å². The number of carbonyl (C=O) groups is 1. The minimum atomic E-state index is 0.206. The van der Waals surface area contributed by atoms with Crippen molar-refractivity contribution in [2.45, 2.75) is 32.2 Å². The number of nitrogens with zero attached hydrogens (tertiary/aromatic N) is 2. The first kappa shape index (κ1) is 12.5. The Morgan fingerprint density at radius 1 is 1.47 bits per heavy atom. The molecule has 0 aliphatic heterocycles. The summed E-state index contributed by atoms with van der Waals surface area (Å²) >= 11 is 0. The molecule has 0 heterocycles. The second kappa shape index (κ2) is 6.08. The topological polar surface area (TPSA) is 49.6 Å². The van der Waals surface area contributed by atoms with Crippen LogP contribution in [0.5, 0.6) is 0 Å². The molecule has 4 heteroatoms. The van der Waals surface area contributed by atoms with E-state index in [0.717, 1.165) is 13.1 Å². The van der Waals surface area contributed by atoms with Crippen molar-refractivity contribution in [3.8, 4) is 0 Å². The van der Waals surface area contributed by atoms with Crippen molar-refractivity contribution in [1.82, 2.24) is 9.80 Å². The van der Waals surface area contributed by atoms with Crippen molar-refractivity contribution in [3.05, 3.63) is 0 Å². The molecule has 1 aliphatic rings. The number of hydrogen-bond acceptors (Lipinski definition) is 3. The molecule has 0 atom stereocenters. The Kier molecular flexibility index (Phi) is 5.05. The van der Waals surface area contributed by atoms with E-state index in [1.807, 2.05) is 14.0 Å². The molecular weight excluding hydrogens is 190 g/mol. The fraction of sp³-hybridized carbons (Fsp3) is 0.909. The van der Waals surface area contributed by atoms with E-state index in [0.29, 0.717) is 19.1 Å². The molecule has 0 saturated heterocycles. The van der Waals surface area contributed by atoms with E-state index in [9.17, 15) is 4.79 Å². The van der Waals surface area contributed by atoms with Crippen molar-refractivity contribution >= 4 is 5.91 Å². The third kappa shape index (κ3) is 3.47. The van der Waals surface area contributed by atoms with Crippen molar-refractivity contribution in [2.24, 2.45) is 5.73 Å².